The second-order valence-electron chi connectivity index (χ2n) is 4.22. The van der Waals surface area contributed by atoms with E-state index in [4.69, 9.17) is 0 Å². The van der Waals surface area contributed by atoms with E-state index < -0.39 is 0 Å². The third kappa shape index (κ3) is 2.55. The van der Waals surface area contributed by atoms with E-state index in [9.17, 15) is 0 Å². The molecule has 0 amide bonds. The molecular weight excluding hydrogens is 172 g/mol. The molecule has 2 heterocycles. The summed E-state index contributed by atoms with van der Waals surface area (Å²) in [4.78, 5) is 4.32. The van der Waals surface area contributed by atoms with Crippen molar-refractivity contribution in [3.63, 3.8) is 0 Å². The maximum absolute atomic E-state index is 4.32. The number of hydrogen-bond acceptors (Lipinski definition) is 2. The van der Waals surface area contributed by atoms with Crippen molar-refractivity contribution in [1.82, 2.24) is 10.3 Å². The minimum Gasteiger partial charge on any atom is -0.316 e. The molecule has 0 saturated carbocycles. The molecule has 2 rings (SSSR count). The molecule has 1 aromatic heterocycles. The Bertz CT molecular complexity index is 273. The molecule has 1 N–H and O–H groups in total. The van der Waals surface area contributed by atoms with Gasteiger partial charge in [-0.15, -0.1) is 0 Å². The van der Waals surface area contributed by atoms with E-state index in [1.165, 1.54) is 37.9 Å². The number of rotatable bonds is 2. The van der Waals surface area contributed by atoms with E-state index in [2.05, 4.69) is 22.4 Å². The second-order valence-corrected chi connectivity index (χ2v) is 4.22. The van der Waals surface area contributed by atoms with E-state index in [-0.39, 0.29) is 0 Å². The zero-order valence-electron chi connectivity index (χ0n) is 8.79. The lowest BCUT2D eigenvalue weighted by molar-refractivity contribution is 0.376. The maximum Gasteiger partial charge on any atom is 0.0372 e. The molecule has 0 bridgehead atoms. The zero-order chi connectivity index (χ0) is 9.80. The highest BCUT2D eigenvalue weighted by Gasteiger charge is 2.13. The highest BCUT2D eigenvalue weighted by atomic mass is 14.9. The predicted molar refractivity (Wildman–Crippen MR) is 58.3 cm³/mol. The van der Waals surface area contributed by atoms with Crippen LogP contribution in [0.1, 0.15) is 24.1 Å². The lowest BCUT2D eigenvalue weighted by Gasteiger charge is -2.22. The summed E-state index contributed by atoms with van der Waals surface area (Å²) in [6.45, 7) is 4.41. The molecule has 0 aliphatic carbocycles. The zero-order valence-corrected chi connectivity index (χ0v) is 8.79. The number of aromatic nitrogens is 1. The summed E-state index contributed by atoms with van der Waals surface area (Å²) in [6, 6.07) is 4.31. The molecule has 2 nitrogen and oxygen atoms in total. The Hall–Kier alpha value is -0.890. The first-order chi connectivity index (χ1) is 6.84. The van der Waals surface area contributed by atoms with Crippen molar-refractivity contribution in [1.29, 1.82) is 0 Å². The van der Waals surface area contributed by atoms with Gasteiger partial charge in [-0.2, -0.15) is 0 Å². The molecular formula is C12H18N2. The number of nitrogens with one attached hydrogen (secondary N) is 1. The van der Waals surface area contributed by atoms with Gasteiger partial charge in [0.05, 0.1) is 0 Å². The summed E-state index contributed by atoms with van der Waals surface area (Å²) in [5.41, 5.74) is 2.49. The molecule has 1 aliphatic rings. The number of pyridine rings is 1. The Labute approximate surface area is 85.7 Å². The molecule has 1 fully saturated rings. The van der Waals surface area contributed by atoms with Crippen LogP contribution in [0.2, 0.25) is 0 Å². The van der Waals surface area contributed by atoms with Gasteiger partial charge in [0, 0.05) is 11.9 Å². The number of aryl methyl sites for hydroxylation is 1. The molecule has 0 radical (unpaired) electrons. The minimum atomic E-state index is 0.813. The first-order valence-corrected chi connectivity index (χ1v) is 5.47. The highest BCUT2D eigenvalue weighted by molar-refractivity contribution is 5.13. The quantitative estimate of drug-likeness (QED) is 0.771. The van der Waals surface area contributed by atoms with Crippen molar-refractivity contribution in [3.8, 4) is 0 Å². The Morgan fingerprint density at radius 3 is 3.07 bits per heavy atom. The Balaban J connectivity index is 1.92. The molecule has 0 unspecified atom stereocenters. The predicted octanol–water partition coefficient (Wildman–Crippen LogP) is 1.93. The number of hydrogen-bond donors (Lipinski definition) is 1. The summed E-state index contributed by atoms with van der Waals surface area (Å²) in [6.07, 6.45) is 5.88. The first kappa shape index (κ1) is 9.66. The smallest absolute Gasteiger partial charge is 0.0372 e. The maximum atomic E-state index is 4.32. The van der Waals surface area contributed by atoms with Gasteiger partial charge < -0.3 is 5.32 Å². The van der Waals surface area contributed by atoms with Crippen molar-refractivity contribution >= 4 is 0 Å². The largest absolute Gasteiger partial charge is 0.316 e. The standard InChI is InChI=1S/C12H18N2/c1-10-4-5-12(9-14-10)7-11-3-2-6-13-8-11/h4-5,9,11,13H,2-3,6-8H2,1H3/t11-/m1/s1. The van der Waals surface area contributed by atoms with Crippen LogP contribution in [0, 0.1) is 12.8 Å². The van der Waals surface area contributed by atoms with Gasteiger partial charge in [0.1, 0.15) is 0 Å². The third-order valence-electron chi connectivity index (χ3n) is 2.90. The molecule has 0 aromatic carbocycles. The van der Waals surface area contributed by atoms with Crippen LogP contribution in [-0.4, -0.2) is 18.1 Å². The fraction of sp³-hybridized carbons (Fsp3) is 0.583. The van der Waals surface area contributed by atoms with Crippen LogP contribution < -0.4 is 5.32 Å². The van der Waals surface area contributed by atoms with Gasteiger partial charge in [0.15, 0.2) is 0 Å². The normalized spacial score (nSPS) is 22.2. The Morgan fingerprint density at radius 1 is 1.50 bits per heavy atom. The fourth-order valence-electron chi connectivity index (χ4n) is 2.05. The van der Waals surface area contributed by atoms with Crippen molar-refractivity contribution in [2.24, 2.45) is 5.92 Å². The number of nitrogens with zero attached hydrogens (tertiary/aromatic N) is 1. The van der Waals surface area contributed by atoms with Crippen LogP contribution in [0.4, 0.5) is 0 Å². The molecule has 1 aliphatic heterocycles. The summed E-state index contributed by atoms with van der Waals surface area (Å²) in [5.74, 6) is 0.813. The van der Waals surface area contributed by atoms with Crippen LogP contribution in [0.25, 0.3) is 0 Å². The van der Waals surface area contributed by atoms with Crippen LogP contribution in [0.15, 0.2) is 18.3 Å². The van der Waals surface area contributed by atoms with Crippen LogP contribution in [0.5, 0.6) is 0 Å². The van der Waals surface area contributed by atoms with Crippen LogP contribution in [0.3, 0.4) is 0 Å². The fourth-order valence-corrected chi connectivity index (χ4v) is 2.05. The summed E-state index contributed by atoms with van der Waals surface area (Å²) < 4.78 is 0. The van der Waals surface area contributed by atoms with E-state index in [1.807, 2.05) is 13.1 Å². The van der Waals surface area contributed by atoms with E-state index in [0.29, 0.717) is 0 Å². The third-order valence-corrected chi connectivity index (χ3v) is 2.90. The molecule has 76 valence electrons. The molecule has 1 saturated heterocycles. The Morgan fingerprint density at radius 2 is 2.43 bits per heavy atom. The van der Waals surface area contributed by atoms with E-state index >= 15 is 0 Å². The summed E-state index contributed by atoms with van der Waals surface area (Å²) in [5, 5.41) is 3.45. The highest BCUT2D eigenvalue weighted by Crippen LogP contribution is 2.15. The molecule has 2 heteroatoms. The average molecular weight is 190 g/mol. The first-order valence-electron chi connectivity index (χ1n) is 5.47. The summed E-state index contributed by atoms with van der Waals surface area (Å²) in [7, 11) is 0. The van der Waals surface area contributed by atoms with Gasteiger partial charge in [-0.1, -0.05) is 6.07 Å². The second kappa shape index (κ2) is 4.56. The van der Waals surface area contributed by atoms with E-state index in [0.717, 1.165) is 11.6 Å². The van der Waals surface area contributed by atoms with Gasteiger partial charge in [0.2, 0.25) is 0 Å². The monoisotopic (exact) mass is 190 g/mol. The van der Waals surface area contributed by atoms with Gasteiger partial charge >= 0.3 is 0 Å². The molecule has 1 aromatic rings. The lowest BCUT2D eigenvalue weighted by Crippen LogP contribution is -2.30. The molecule has 0 spiro atoms. The van der Waals surface area contributed by atoms with Gasteiger partial charge in [0.25, 0.3) is 0 Å². The molecule has 1 atom stereocenters. The van der Waals surface area contributed by atoms with Gasteiger partial charge in [-0.25, -0.2) is 0 Å². The lowest BCUT2D eigenvalue weighted by atomic mass is 9.93. The average Bonchev–Trinajstić information content (AvgIpc) is 2.23. The van der Waals surface area contributed by atoms with Crippen molar-refractivity contribution < 1.29 is 0 Å². The van der Waals surface area contributed by atoms with Crippen molar-refractivity contribution in [3.05, 3.63) is 29.6 Å². The summed E-state index contributed by atoms with van der Waals surface area (Å²) >= 11 is 0. The minimum absolute atomic E-state index is 0.813. The van der Waals surface area contributed by atoms with Crippen molar-refractivity contribution in [2.75, 3.05) is 13.1 Å². The topological polar surface area (TPSA) is 24.9 Å². The Kier molecular flexibility index (Phi) is 3.14. The molecule has 14 heavy (non-hydrogen) atoms. The van der Waals surface area contributed by atoms with Crippen LogP contribution >= 0.6 is 0 Å². The number of piperidine rings is 1. The van der Waals surface area contributed by atoms with Crippen molar-refractivity contribution in [2.45, 2.75) is 26.2 Å². The van der Waals surface area contributed by atoms with E-state index in [1.54, 1.807) is 0 Å². The van der Waals surface area contributed by atoms with Gasteiger partial charge in [-0.05, 0) is 56.8 Å². The SMILES string of the molecule is Cc1ccc(C[C@H]2CCCNC2)cn1. The van der Waals surface area contributed by atoms with Crippen LogP contribution in [-0.2, 0) is 6.42 Å². The van der Waals surface area contributed by atoms with Gasteiger partial charge in [-0.3, -0.25) is 4.98 Å².